The van der Waals surface area contributed by atoms with Crippen molar-refractivity contribution in [2.45, 2.75) is 64.1 Å². The van der Waals surface area contributed by atoms with Gasteiger partial charge in [0.25, 0.3) is 0 Å². The third kappa shape index (κ3) is 6.22. The summed E-state index contributed by atoms with van der Waals surface area (Å²) in [5.74, 6) is -1.28. The Morgan fingerprint density at radius 2 is 2.10 bits per heavy atom. The minimum atomic E-state index is -0.665. The molecule has 0 unspecified atom stereocenters. The molecule has 4 heterocycles. The molecule has 13 nitrogen and oxygen atoms in total. The van der Waals surface area contributed by atoms with E-state index >= 15 is 4.39 Å². The van der Waals surface area contributed by atoms with Crippen molar-refractivity contribution in [3.05, 3.63) is 29.3 Å². The number of fused-ring (bicyclic) bond motifs is 1. The third-order valence-corrected chi connectivity index (χ3v) is 7.68. The summed E-state index contributed by atoms with van der Waals surface area (Å²) in [6.07, 6.45) is 9.61. The van der Waals surface area contributed by atoms with Crippen molar-refractivity contribution in [2.24, 2.45) is 11.8 Å². The van der Waals surface area contributed by atoms with Gasteiger partial charge in [-0.3, -0.25) is 14.8 Å². The maximum atomic E-state index is 15.7. The molecule has 0 spiro atoms. The summed E-state index contributed by atoms with van der Waals surface area (Å²) < 4.78 is 17.4. The first-order valence-corrected chi connectivity index (χ1v) is 13.5. The van der Waals surface area contributed by atoms with Crippen LogP contribution < -0.4 is 10.2 Å². The average molecular weight is 561 g/mol. The minimum absolute atomic E-state index is 0.0428. The van der Waals surface area contributed by atoms with E-state index in [1.54, 1.807) is 10.9 Å². The monoisotopic (exact) mass is 560 g/mol. The van der Waals surface area contributed by atoms with Gasteiger partial charge >= 0.3 is 0 Å². The summed E-state index contributed by atoms with van der Waals surface area (Å²) >= 11 is 6.20. The van der Waals surface area contributed by atoms with Gasteiger partial charge in [-0.1, -0.05) is 30.9 Å². The van der Waals surface area contributed by atoms with Crippen molar-refractivity contribution in [3.63, 3.8) is 0 Å². The van der Waals surface area contributed by atoms with Crippen molar-refractivity contribution in [3.8, 4) is 0 Å². The Balaban J connectivity index is 1.30. The maximum Gasteiger partial charge on any atom is 0.233 e. The van der Waals surface area contributed by atoms with Crippen LogP contribution in [0.5, 0.6) is 0 Å². The summed E-state index contributed by atoms with van der Waals surface area (Å²) in [6, 6.07) is -0.137. The largest absolute Gasteiger partial charge is 0.350 e. The molecule has 2 fully saturated rings. The van der Waals surface area contributed by atoms with Gasteiger partial charge in [-0.25, -0.2) is 29.1 Å². The molecule has 2 aliphatic rings. The van der Waals surface area contributed by atoms with Gasteiger partial charge in [-0.2, -0.15) is 4.98 Å². The molecule has 0 radical (unpaired) electrons. The van der Waals surface area contributed by atoms with Crippen LogP contribution in [-0.2, 0) is 22.7 Å². The molecule has 5 rings (SSSR count). The van der Waals surface area contributed by atoms with Gasteiger partial charge in [0.1, 0.15) is 12.0 Å². The lowest BCUT2D eigenvalue weighted by molar-refractivity contribution is -0.155. The molecule has 1 saturated carbocycles. The highest BCUT2D eigenvalue weighted by Crippen LogP contribution is 2.32. The molecule has 2 atom stereocenters. The molecule has 39 heavy (non-hydrogen) atoms. The number of hydroxylamine groups is 2. The van der Waals surface area contributed by atoms with Crippen LogP contribution in [-0.4, -0.2) is 76.6 Å². The molecule has 1 aliphatic heterocycles. The zero-order valence-electron chi connectivity index (χ0n) is 21.3. The summed E-state index contributed by atoms with van der Waals surface area (Å²) in [4.78, 5) is 42.2. The Morgan fingerprint density at radius 3 is 2.90 bits per heavy atom. The topological polar surface area (TPSA) is 155 Å². The Morgan fingerprint density at radius 1 is 1.28 bits per heavy atom. The quantitative estimate of drug-likeness (QED) is 0.154. The number of carbonyl (C=O) groups excluding carboxylic acids is 2. The Bertz CT molecular complexity index is 1320. The lowest BCUT2D eigenvalue weighted by Gasteiger charge is -2.26. The van der Waals surface area contributed by atoms with E-state index in [0.29, 0.717) is 41.7 Å². The van der Waals surface area contributed by atoms with Crippen LogP contribution in [0.3, 0.4) is 0 Å². The van der Waals surface area contributed by atoms with Crippen molar-refractivity contribution in [1.82, 2.24) is 45.3 Å². The van der Waals surface area contributed by atoms with Gasteiger partial charge in [-0.15, -0.1) is 5.10 Å². The second-order valence-corrected chi connectivity index (χ2v) is 10.4. The van der Waals surface area contributed by atoms with Crippen molar-refractivity contribution < 1.29 is 19.2 Å². The average Bonchev–Trinajstić information content (AvgIpc) is 3.71. The highest BCUT2D eigenvalue weighted by Gasteiger charge is 2.32. The van der Waals surface area contributed by atoms with Gasteiger partial charge in [-0.05, 0) is 36.8 Å². The van der Waals surface area contributed by atoms with E-state index in [-0.39, 0.29) is 42.3 Å². The van der Waals surface area contributed by atoms with Crippen molar-refractivity contribution in [1.29, 1.82) is 0 Å². The summed E-state index contributed by atoms with van der Waals surface area (Å²) in [7, 11) is 0. The number of rotatable bonds is 11. The summed E-state index contributed by atoms with van der Waals surface area (Å²) in [5, 5.41) is 21.0. The van der Waals surface area contributed by atoms with Crippen molar-refractivity contribution in [2.75, 3.05) is 18.0 Å². The van der Waals surface area contributed by atoms with E-state index in [2.05, 4.69) is 35.6 Å². The van der Waals surface area contributed by atoms with E-state index in [1.165, 1.54) is 6.33 Å². The van der Waals surface area contributed by atoms with Crippen molar-refractivity contribution >= 4 is 40.9 Å². The highest BCUT2D eigenvalue weighted by atomic mass is 35.5. The lowest BCUT2D eigenvalue weighted by Crippen LogP contribution is -2.39. The molecule has 3 aromatic heterocycles. The second kappa shape index (κ2) is 12.1. The standard InChI is InChI=1S/C24H30ClFN10O3/c25-24-30-18(10-28-23(38)16(11-34(39)14-37)8-15-4-1-2-5-15)20(26)22(31-24)35-7-3-6-17(35)12-36-21-19(32-33-36)9-27-13-29-21/h9,13-17,39H,1-8,10-12H2,(H,28,38)/t16-,17+/m1/s1. The molecule has 0 bridgehead atoms. The summed E-state index contributed by atoms with van der Waals surface area (Å²) in [6.45, 7) is 0.625. The number of hydrogen-bond acceptors (Lipinski definition) is 10. The third-order valence-electron chi connectivity index (χ3n) is 7.51. The van der Waals surface area contributed by atoms with Gasteiger partial charge < -0.3 is 10.2 Å². The lowest BCUT2D eigenvalue weighted by atomic mass is 9.92. The smallest absolute Gasteiger partial charge is 0.233 e. The predicted molar refractivity (Wildman–Crippen MR) is 137 cm³/mol. The van der Waals surface area contributed by atoms with Gasteiger partial charge in [0.2, 0.25) is 17.6 Å². The predicted octanol–water partition coefficient (Wildman–Crippen LogP) is 2.13. The molecule has 208 valence electrons. The molecule has 0 aromatic carbocycles. The summed E-state index contributed by atoms with van der Waals surface area (Å²) in [5.41, 5.74) is 1.11. The molecule has 1 saturated heterocycles. The Labute approximate surface area is 228 Å². The number of nitrogens with one attached hydrogen (secondary N) is 1. The minimum Gasteiger partial charge on any atom is -0.350 e. The van der Waals surface area contributed by atoms with Crippen LogP contribution in [0, 0.1) is 17.7 Å². The Hall–Kier alpha value is -3.52. The number of halogens is 2. The van der Waals surface area contributed by atoms with Crippen LogP contribution in [0.1, 0.15) is 50.6 Å². The zero-order chi connectivity index (χ0) is 27.4. The fourth-order valence-electron chi connectivity index (χ4n) is 5.61. The number of hydrogen-bond donors (Lipinski definition) is 2. The van der Waals surface area contributed by atoms with Gasteiger partial charge in [0.05, 0.1) is 37.8 Å². The molecule has 3 aromatic rings. The number of amides is 2. The maximum absolute atomic E-state index is 15.7. The van der Waals surface area contributed by atoms with E-state index in [1.807, 2.05) is 4.90 Å². The second-order valence-electron chi connectivity index (χ2n) is 10.1. The van der Waals surface area contributed by atoms with E-state index in [9.17, 15) is 14.8 Å². The number of aromatic nitrogens is 7. The zero-order valence-corrected chi connectivity index (χ0v) is 22.0. The highest BCUT2D eigenvalue weighted by molar-refractivity contribution is 6.28. The first-order valence-electron chi connectivity index (χ1n) is 13.1. The number of nitrogens with zero attached hydrogens (tertiary/aromatic N) is 9. The molecular formula is C24H30ClFN10O3. The van der Waals surface area contributed by atoms with Crippen LogP contribution in [0.2, 0.25) is 5.28 Å². The molecule has 2 amide bonds. The molecule has 15 heteroatoms. The molecule has 2 N–H and O–H groups in total. The van der Waals surface area contributed by atoms with E-state index in [4.69, 9.17) is 11.6 Å². The Kier molecular flexibility index (Phi) is 8.41. The van der Waals surface area contributed by atoms with Crippen LogP contribution >= 0.6 is 11.6 Å². The van der Waals surface area contributed by atoms with E-state index in [0.717, 1.165) is 38.5 Å². The first-order chi connectivity index (χ1) is 18.9. The number of anilines is 1. The van der Waals surface area contributed by atoms with Gasteiger partial charge in [0.15, 0.2) is 22.8 Å². The molecular weight excluding hydrogens is 531 g/mol. The normalized spacial score (nSPS) is 18.5. The fourth-order valence-corrected chi connectivity index (χ4v) is 5.79. The van der Waals surface area contributed by atoms with Crippen LogP contribution in [0.4, 0.5) is 10.2 Å². The fraction of sp³-hybridized carbons (Fsp3) is 0.583. The van der Waals surface area contributed by atoms with Crippen LogP contribution in [0.15, 0.2) is 12.5 Å². The number of carbonyl (C=O) groups is 2. The van der Waals surface area contributed by atoms with E-state index < -0.39 is 17.6 Å². The van der Waals surface area contributed by atoms with Gasteiger partial charge in [0, 0.05) is 6.54 Å². The SMILES string of the molecule is O=CN(O)C[C@@H](CC1CCCC1)C(=O)NCc1nc(Cl)nc(N2CCC[C@H]2Cn2nnc3cncnc32)c1F. The van der Waals surface area contributed by atoms with Crippen LogP contribution in [0.25, 0.3) is 11.2 Å². The molecule has 1 aliphatic carbocycles. The first kappa shape index (κ1) is 27.1.